The second-order valence-corrected chi connectivity index (χ2v) is 10.4. The molecule has 37 heavy (non-hydrogen) atoms. The van der Waals surface area contributed by atoms with Gasteiger partial charge in [0.25, 0.3) is 0 Å². The van der Waals surface area contributed by atoms with Crippen molar-refractivity contribution in [2.24, 2.45) is 23.7 Å². The van der Waals surface area contributed by atoms with Crippen molar-refractivity contribution < 1.29 is 46.6 Å². The molecule has 4 nitrogen and oxygen atoms in total. The van der Waals surface area contributed by atoms with E-state index in [0.29, 0.717) is 50.1 Å². The van der Waals surface area contributed by atoms with E-state index in [2.05, 4.69) is 55.4 Å². The van der Waals surface area contributed by atoms with Gasteiger partial charge in [-0.2, -0.15) is 0 Å². The molecular weight excluding hydrogens is 540 g/mol. The zero-order valence-corrected chi connectivity index (χ0v) is 29.2. The van der Waals surface area contributed by atoms with E-state index in [1.165, 1.54) is 77.0 Å². The van der Waals surface area contributed by atoms with Gasteiger partial charge in [0.1, 0.15) is 0 Å². The Morgan fingerprint density at radius 3 is 0.595 bits per heavy atom. The van der Waals surface area contributed by atoms with Crippen LogP contribution in [0.2, 0.25) is 0 Å². The van der Waals surface area contributed by atoms with Crippen LogP contribution < -0.4 is 0 Å². The monoisotopic (exact) mass is 610 g/mol. The smallest absolute Gasteiger partial charge is 0.0459 e. The van der Waals surface area contributed by atoms with Crippen LogP contribution >= 0.6 is 0 Å². The molecule has 0 radical (unpaired) electrons. The SMILES string of the molecule is CCCCC(CC)CO.CCCCC(CC)CO.CCCCC(CC)CO.CCCCC(CC)CO.[Zr]. The first-order valence-corrected chi connectivity index (χ1v) is 15.8. The van der Waals surface area contributed by atoms with Gasteiger partial charge < -0.3 is 20.4 Å². The Labute approximate surface area is 253 Å². The topological polar surface area (TPSA) is 80.9 Å². The van der Waals surface area contributed by atoms with Crippen molar-refractivity contribution in [3.63, 3.8) is 0 Å². The van der Waals surface area contributed by atoms with E-state index in [4.69, 9.17) is 20.4 Å². The zero-order chi connectivity index (χ0) is 28.5. The normalized spacial score (nSPS) is 13.3. The summed E-state index contributed by atoms with van der Waals surface area (Å²) in [6.45, 7) is 18.8. The quantitative estimate of drug-likeness (QED) is 0.111. The van der Waals surface area contributed by atoms with Crippen LogP contribution in [0.25, 0.3) is 0 Å². The maximum Gasteiger partial charge on any atom is 0.0459 e. The molecule has 0 amide bonds. The van der Waals surface area contributed by atoms with Gasteiger partial charge in [0.2, 0.25) is 0 Å². The molecule has 228 valence electrons. The third-order valence-electron chi connectivity index (χ3n) is 7.21. The van der Waals surface area contributed by atoms with Gasteiger partial charge in [-0.3, -0.25) is 0 Å². The first-order chi connectivity index (χ1) is 17.4. The van der Waals surface area contributed by atoms with Crippen LogP contribution in [0, 0.1) is 23.7 Å². The molecule has 0 aromatic rings. The maximum atomic E-state index is 8.75. The number of unbranched alkanes of at least 4 members (excludes halogenated alkanes) is 4. The second kappa shape index (κ2) is 43.8. The molecule has 0 bridgehead atoms. The van der Waals surface area contributed by atoms with Crippen LogP contribution in [0.4, 0.5) is 0 Å². The predicted molar refractivity (Wildman–Crippen MR) is 162 cm³/mol. The molecule has 0 aliphatic heterocycles. The molecule has 0 aromatic carbocycles. The van der Waals surface area contributed by atoms with Crippen molar-refractivity contribution in [3.8, 4) is 0 Å². The largest absolute Gasteiger partial charge is 0.396 e. The molecule has 0 saturated carbocycles. The molecule has 4 unspecified atom stereocenters. The van der Waals surface area contributed by atoms with E-state index in [1.807, 2.05) is 0 Å². The Bertz CT molecular complexity index is 265. The minimum atomic E-state index is 0. The molecular formula is C32H72O4Zr. The number of aliphatic hydroxyl groups is 4. The summed E-state index contributed by atoms with van der Waals surface area (Å²) in [6, 6.07) is 0. The molecule has 0 heterocycles. The minimum absolute atomic E-state index is 0. The molecule has 0 aliphatic rings. The molecule has 4 N–H and O–H groups in total. The number of hydrogen-bond acceptors (Lipinski definition) is 4. The van der Waals surface area contributed by atoms with Gasteiger partial charge in [-0.25, -0.2) is 0 Å². The molecule has 0 spiro atoms. The summed E-state index contributed by atoms with van der Waals surface area (Å²) in [7, 11) is 0. The van der Waals surface area contributed by atoms with Crippen molar-refractivity contribution in [1.82, 2.24) is 0 Å². The van der Waals surface area contributed by atoms with Gasteiger partial charge in [0.15, 0.2) is 0 Å². The summed E-state index contributed by atoms with van der Waals surface area (Å²) in [5.74, 6) is 2.24. The van der Waals surface area contributed by atoms with E-state index >= 15 is 0 Å². The third kappa shape index (κ3) is 41.3. The van der Waals surface area contributed by atoms with Crippen LogP contribution in [-0.4, -0.2) is 46.9 Å². The average molecular weight is 612 g/mol. The van der Waals surface area contributed by atoms with Crippen molar-refractivity contribution >= 4 is 0 Å². The fraction of sp³-hybridized carbons (Fsp3) is 1.00. The molecule has 0 saturated heterocycles. The molecule has 0 fully saturated rings. The van der Waals surface area contributed by atoms with Gasteiger partial charge >= 0.3 is 0 Å². The van der Waals surface area contributed by atoms with Crippen LogP contribution in [0.5, 0.6) is 0 Å². The zero-order valence-electron chi connectivity index (χ0n) is 26.7. The van der Waals surface area contributed by atoms with Crippen molar-refractivity contribution in [2.45, 2.75) is 158 Å². The van der Waals surface area contributed by atoms with Gasteiger partial charge in [0, 0.05) is 52.6 Å². The fourth-order valence-electron chi connectivity index (χ4n) is 3.67. The van der Waals surface area contributed by atoms with E-state index in [1.54, 1.807) is 0 Å². The van der Waals surface area contributed by atoms with Gasteiger partial charge in [-0.15, -0.1) is 0 Å². The molecule has 0 aliphatic carbocycles. The van der Waals surface area contributed by atoms with Crippen LogP contribution in [0.15, 0.2) is 0 Å². The summed E-state index contributed by atoms with van der Waals surface area (Å²) in [4.78, 5) is 0. The fourth-order valence-corrected chi connectivity index (χ4v) is 3.67. The number of rotatable bonds is 20. The first-order valence-electron chi connectivity index (χ1n) is 15.8. The van der Waals surface area contributed by atoms with E-state index in [-0.39, 0.29) is 26.2 Å². The van der Waals surface area contributed by atoms with Crippen LogP contribution in [0.1, 0.15) is 158 Å². The van der Waals surface area contributed by atoms with E-state index in [0.717, 1.165) is 25.7 Å². The first kappa shape index (κ1) is 47.5. The minimum Gasteiger partial charge on any atom is -0.396 e. The van der Waals surface area contributed by atoms with Crippen molar-refractivity contribution in [1.29, 1.82) is 0 Å². The summed E-state index contributed by atoms with van der Waals surface area (Å²) in [5.41, 5.74) is 0. The molecule has 4 atom stereocenters. The van der Waals surface area contributed by atoms with E-state index in [9.17, 15) is 0 Å². The summed E-state index contributed by atoms with van der Waals surface area (Å²) in [5, 5.41) is 35.0. The average Bonchev–Trinajstić information content (AvgIpc) is 2.92. The van der Waals surface area contributed by atoms with Crippen LogP contribution in [0.3, 0.4) is 0 Å². The Hall–Kier alpha value is 0.723. The molecule has 0 rings (SSSR count). The number of hydrogen-bond donors (Lipinski definition) is 4. The maximum absolute atomic E-state index is 8.75. The van der Waals surface area contributed by atoms with Crippen molar-refractivity contribution in [2.75, 3.05) is 26.4 Å². The third-order valence-corrected chi connectivity index (χ3v) is 7.21. The van der Waals surface area contributed by atoms with Gasteiger partial charge in [0.05, 0.1) is 0 Å². The molecule has 5 heteroatoms. The summed E-state index contributed by atoms with van der Waals surface area (Å²) < 4.78 is 0. The number of aliphatic hydroxyl groups excluding tert-OH is 4. The predicted octanol–water partition coefficient (Wildman–Crippen LogP) is 8.78. The Kier molecular flexibility index (Phi) is 56.2. The van der Waals surface area contributed by atoms with Crippen LogP contribution in [-0.2, 0) is 26.2 Å². The Balaban J connectivity index is -0.000000122. The standard InChI is InChI=1S/4C8H18O.Zr/c4*1-3-5-6-8(4-2)7-9;/h4*8-9H,3-7H2,1-2H3;. The molecule has 0 aromatic heterocycles. The summed E-state index contributed by atoms with van der Waals surface area (Å²) >= 11 is 0. The Morgan fingerprint density at radius 2 is 0.514 bits per heavy atom. The van der Waals surface area contributed by atoms with Crippen molar-refractivity contribution in [3.05, 3.63) is 0 Å². The van der Waals surface area contributed by atoms with Gasteiger partial charge in [-0.05, 0) is 49.4 Å². The Morgan fingerprint density at radius 1 is 0.351 bits per heavy atom. The second-order valence-electron chi connectivity index (χ2n) is 10.4. The van der Waals surface area contributed by atoms with Gasteiger partial charge in [-0.1, -0.05) is 132 Å². The summed E-state index contributed by atoms with van der Waals surface area (Å²) in [6.07, 6.45) is 19.3. The van der Waals surface area contributed by atoms with E-state index < -0.39 is 0 Å².